The number of hydrogen-bond donors (Lipinski definition) is 0. The van der Waals surface area contributed by atoms with E-state index >= 15 is 0 Å². The van der Waals surface area contributed by atoms with Crippen LogP contribution in [0.4, 0.5) is 17.1 Å². The summed E-state index contributed by atoms with van der Waals surface area (Å²) in [6, 6.07) is 56.1. The van der Waals surface area contributed by atoms with Gasteiger partial charge in [-0.1, -0.05) is 111 Å². The maximum atomic E-state index is 6.36. The maximum Gasteiger partial charge on any atom is 0.227 e. The molecule has 0 bridgehead atoms. The lowest BCUT2D eigenvalue weighted by molar-refractivity contribution is 0.623. The first-order chi connectivity index (χ1) is 23.0. The molecule has 0 atom stereocenters. The van der Waals surface area contributed by atoms with E-state index < -0.39 is 0 Å². The van der Waals surface area contributed by atoms with Crippen LogP contribution in [0.1, 0.15) is 25.0 Å². The summed E-state index contributed by atoms with van der Waals surface area (Å²) in [7, 11) is 0. The van der Waals surface area contributed by atoms with Crippen molar-refractivity contribution in [3.05, 3.63) is 169 Å². The van der Waals surface area contributed by atoms with Crippen molar-refractivity contribution in [2.24, 2.45) is 0 Å². The van der Waals surface area contributed by atoms with Crippen LogP contribution >= 0.6 is 0 Å². The van der Waals surface area contributed by atoms with Crippen molar-refractivity contribution in [1.82, 2.24) is 4.98 Å². The Bertz CT molecular complexity index is 2420. The molecule has 0 amide bonds. The molecule has 3 nitrogen and oxygen atoms in total. The molecule has 1 aromatic heterocycles. The normalized spacial score (nSPS) is 13.1. The highest BCUT2D eigenvalue weighted by Crippen LogP contribution is 2.50. The smallest absolute Gasteiger partial charge is 0.227 e. The third-order valence-electron chi connectivity index (χ3n) is 9.69. The predicted molar refractivity (Wildman–Crippen MR) is 195 cm³/mol. The van der Waals surface area contributed by atoms with Crippen LogP contribution in [0.2, 0.25) is 0 Å². The molecule has 0 fully saturated rings. The third-order valence-corrected chi connectivity index (χ3v) is 9.69. The molecule has 1 aliphatic rings. The van der Waals surface area contributed by atoms with Gasteiger partial charge in [-0.05, 0) is 99.4 Å². The molecule has 1 heterocycles. The number of oxazole rings is 1. The van der Waals surface area contributed by atoms with Crippen LogP contribution < -0.4 is 4.90 Å². The fourth-order valence-corrected chi connectivity index (χ4v) is 7.26. The molecule has 8 aromatic rings. The average Bonchev–Trinajstić information content (AvgIpc) is 3.67. The average molecular weight is 605 g/mol. The first-order valence-electron chi connectivity index (χ1n) is 16.1. The van der Waals surface area contributed by atoms with Gasteiger partial charge in [0.15, 0.2) is 5.58 Å². The largest absolute Gasteiger partial charge is 0.435 e. The summed E-state index contributed by atoms with van der Waals surface area (Å²) in [5.74, 6) is 0.641. The summed E-state index contributed by atoms with van der Waals surface area (Å²) < 4.78 is 6.36. The highest BCUT2D eigenvalue weighted by atomic mass is 16.3. The van der Waals surface area contributed by atoms with E-state index in [1.165, 1.54) is 22.3 Å². The van der Waals surface area contributed by atoms with Gasteiger partial charge in [0.25, 0.3) is 0 Å². The monoisotopic (exact) mass is 604 g/mol. The molecule has 0 N–H and O–H groups in total. The zero-order valence-corrected chi connectivity index (χ0v) is 26.3. The van der Waals surface area contributed by atoms with E-state index in [0.717, 1.165) is 55.6 Å². The lowest BCUT2D eigenvalue weighted by Gasteiger charge is -2.27. The van der Waals surface area contributed by atoms with Crippen molar-refractivity contribution < 1.29 is 4.42 Å². The summed E-state index contributed by atoms with van der Waals surface area (Å²) >= 11 is 0. The van der Waals surface area contributed by atoms with Crippen LogP contribution in [-0.2, 0) is 5.41 Å². The Morgan fingerprint density at radius 3 is 1.96 bits per heavy atom. The number of rotatable bonds is 5. The Hall–Kier alpha value is -5.93. The van der Waals surface area contributed by atoms with Gasteiger partial charge in [-0.25, -0.2) is 4.98 Å². The van der Waals surface area contributed by atoms with Gasteiger partial charge in [0.2, 0.25) is 5.89 Å². The molecular weight excluding hydrogens is 572 g/mol. The number of nitrogens with zero attached hydrogens (tertiary/aromatic N) is 2. The molecule has 0 spiro atoms. The number of anilines is 3. The van der Waals surface area contributed by atoms with Crippen LogP contribution in [0.3, 0.4) is 0 Å². The third kappa shape index (κ3) is 4.46. The van der Waals surface area contributed by atoms with Crippen molar-refractivity contribution in [1.29, 1.82) is 0 Å². The number of fused-ring (bicyclic) bond motifs is 6. The zero-order valence-electron chi connectivity index (χ0n) is 26.3. The second-order valence-electron chi connectivity index (χ2n) is 12.9. The fourth-order valence-electron chi connectivity index (χ4n) is 7.26. The Balaban J connectivity index is 1.12. The summed E-state index contributed by atoms with van der Waals surface area (Å²) in [6.07, 6.45) is 0. The molecule has 7 aromatic carbocycles. The Labute approximate surface area is 274 Å². The molecule has 47 heavy (non-hydrogen) atoms. The minimum Gasteiger partial charge on any atom is -0.435 e. The zero-order chi connectivity index (χ0) is 31.5. The first kappa shape index (κ1) is 27.4. The second-order valence-corrected chi connectivity index (χ2v) is 12.9. The molecule has 0 saturated carbocycles. The Morgan fingerprint density at radius 1 is 0.511 bits per heavy atom. The van der Waals surface area contributed by atoms with Gasteiger partial charge in [-0.3, -0.25) is 0 Å². The molecule has 3 heteroatoms. The first-order valence-corrected chi connectivity index (χ1v) is 16.1. The standard InChI is InChI=1S/C44H32N2O/c1-44(2)39-16-10-9-15-36(39)38-28-35(24-25-40(38)44)46(33-13-7-4-8-14-33)34-22-19-29(20-23-34)32-18-17-30-21-26-41-42(37(30)27-32)47-43(45-41)31-11-5-3-6-12-31/h3-28H,1-2H3. The number of para-hydroxylation sites is 1. The van der Waals surface area contributed by atoms with Gasteiger partial charge in [0.05, 0.1) is 0 Å². The second kappa shape index (κ2) is 10.6. The highest BCUT2D eigenvalue weighted by molar-refractivity contribution is 6.05. The van der Waals surface area contributed by atoms with E-state index in [-0.39, 0.29) is 5.41 Å². The fraction of sp³-hybridized carbons (Fsp3) is 0.0682. The summed E-state index contributed by atoms with van der Waals surface area (Å²) in [4.78, 5) is 7.14. The number of benzene rings is 7. The topological polar surface area (TPSA) is 29.3 Å². The molecular formula is C44H32N2O. The van der Waals surface area contributed by atoms with Gasteiger partial charge in [-0.2, -0.15) is 0 Å². The van der Waals surface area contributed by atoms with Crippen molar-refractivity contribution in [3.63, 3.8) is 0 Å². The number of hydrogen-bond acceptors (Lipinski definition) is 3. The molecule has 0 radical (unpaired) electrons. The highest BCUT2D eigenvalue weighted by Gasteiger charge is 2.35. The van der Waals surface area contributed by atoms with Crippen molar-refractivity contribution in [2.45, 2.75) is 19.3 Å². The molecule has 0 aliphatic heterocycles. The quantitative estimate of drug-likeness (QED) is 0.196. The van der Waals surface area contributed by atoms with Gasteiger partial charge in [0, 0.05) is 33.4 Å². The Morgan fingerprint density at radius 2 is 1.15 bits per heavy atom. The SMILES string of the molecule is CC1(C)c2ccccc2-c2cc(N(c3ccccc3)c3ccc(-c4ccc5ccc6nc(-c7ccccc7)oc6c5c4)cc3)ccc21. The van der Waals surface area contributed by atoms with Gasteiger partial charge >= 0.3 is 0 Å². The summed E-state index contributed by atoms with van der Waals surface area (Å²) in [6.45, 7) is 4.65. The van der Waals surface area contributed by atoms with Gasteiger partial charge < -0.3 is 9.32 Å². The van der Waals surface area contributed by atoms with E-state index in [4.69, 9.17) is 9.40 Å². The lowest BCUT2D eigenvalue weighted by Crippen LogP contribution is -2.15. The van der Waals surface area contributed by atoms with Crippen molar-refractivity contribution in [3.8, 4) is 33.7 Å². The van der Waals surface area contributed by atoms with E-state index in [1.54, 1.807) is 0 Å². The minimum atomic E-state index is -0.0239. The van der Waals surface area contributed by atoms with Crippen molar-refractivity contribution in [2.75, 3.05) is 4.90 Å². The van der Waals surface area contributed by atoms with Crippen LogP contribution in [0.5, 0.6) is 0 Å². The maximum absolute atomic E-state index is 6.36. The summed E-state index contributed by atoms with van der Waals surface area (Å²) in [5, 5.41) is 2.19. The van der Waals surface area contributed by atoms with Crippen LogP contribution in [0, 0.1) is 0 Å². The van der Waals surface area contributed by atoms with Crippen molar-refractivity contribution >= 4 is 38.9 Å². The number of aromatic nitrogens is 1. The van der Waals surface area contributed by atoms with E-state index in [9.17, 15) is 0 Å². The van der Waals surface area contributed by atoms with E-state index in [0.29, 0.717) is 5.89 Å². The molecule has 224 valence electrons. The van der Waals surface area contributed by atoms with Gasteiger partial charge in [-0.15, -0.1) is 0 Å². The molecule has 1 aliphatic carbocycles. The van der Waals surface area contributed by atoms with E-state index in [1.807, 2.05) is 36.4 Å². The van der Waals surface area contributed by atoms with Crippen LogP contribution in [0.25, 0.3) is 55.6 Å². The van der Waals surface area contributed by atoms with Crippen LogP contribution in [0.15, 0.2) is 162 Å². The predicted octanol–water partition coefficient (Wildman–Crippen LogP) is 12.1. The van der Waals surface area contributed by atoms with Gasteiger partial charge in [0.1, 0.15) is 5.52 Å². The molecule has 9 rings (SSSR count). The molecule has 0 saturated heterocycles. The lowest BCUT2D eigenvalue weighted by atomic mass is 9.82. The van der Waals surface area contributed by atoms with E-state index in [2.05, 4.69) is 140 Å². The summed E-state index contributed by atoms with van der Waals surface area (Å²) in [5.41, 5.74) is 13.7. The Kier molecular flexibility index (Phi) is 6.16. The van der Waals surface area contributed by atoms with Crippen LogP contribution in [-0.4, -0.2) is 4.98 Å². The molecule has 0 unspecified atom stereocenters. The minimum absolute atomic E-state index is 0.0239.